The van der Waals surface area contributed by atoms with Gasteiger partial charge in [-0.1, -0.05) is 16.8 Å². The van der Waals surface area contributed by atoms with E-state index in [0.29, 0.717) is 11.4 Å². The molecule has 0 bridgehead atoms. The van der Waals surface area contributed by atoms with Gasteiger partial charge < -0.3 is 10.0 Å². The van der Waals surface area contributed by atoms with Crippen molar-refractivity contribution >= 4 is 23.5 Å². The maximum atomic E-state index is 13.2. The number of nitrogens with zero attached hydrogens (tertiary/aromatic N) is 4. The average molecular weight is 341 g/mol. The van der Waals surface area contributed by atoms with Crippen LogP contribution in [0.3, 0.4) is 0 Å². The second kappa shape index (κ2) is 6.74. The van der Waals surface area contributed by atoms with Crippen molar-refractivity contribution in [3.8, 4) is 5.69 Å². The molecular formula is C14H14ClFN4O3. The van der Waals surface area contributed by atoms with E-state index in [2.05, 4.69) is 10.3 Å². The fourth-order valence-electron chi connectivity index (χ4n) is 1.93. The summed E-state index contributed by atoms with van der Waals surface area (Å²) in [4.78, 5) is 24.1. The van der Waals surface area contributed by atoms with Crippen molar-refractivity contribution in [2.45, 2.75) is 13.3 Å². The van der Waals surface area contributed by atoms with Gasteiger partial charge >= 0.3 is 5.97 Å². The van der Waals surface area contributed by atoms with Crippen molar-refractivity contribution in [2.24, 2.45) is 0 Å². The Morgan fingerprint density at radius 3 is 2.74 bits per heavy atom. The van der Waals surface area contributed by atoms with E-state index in [1.165, 1.54) is 34.8 Å². The van der Waals surface area contributed by atoms with Crippen molar-refractivity contribution < 1.29 is 19.1 Å². The summed E-state index contributed by atoms with van der Waals surface area (Å²) in [5.74, 6) is -1.99. The molecule has 1 heterocycles. The quantitative estimate of drug-likeness (QED) is 0.898. The molecule has 122 valence electrons. The standard InChI is InChI=1S/C14H14ClFN4O3/c1-8-13(14(23)19(2)6-5-12(21)22)17-18-20(8)9-3-4-11(16)10(15)7-9/h3-4,7H,5-6H2,1-2H3,(H,21,22). The predicted molar refractivity (Wildman–Crippen MR) is 80.3 cm³/mol. The Morgan fingerprint density at radius 1 is 1.43 bits per heavy atom. The number of rotatable bonds is 5. The topological polar surface area (TPSA) is 88.3 Å². The molecule has 0 radical (unpaired) electrons. The Morgan fingerprint density at radius 2 is 2.13 bits per heavy atom. The lowest BCUT2D eigenvalue weighted by molar-refractivity contribution is -0.137. The van der Waals surface area contributed by atoms with Crippen LogP contribution in [-0.4, -0.2) is 50.5 Å². The molecule has 0 saturated carbocycles. The second-order valence-corrected chi connectivity index (χ2v) is 5.31. The molecule has 2 aromatic rings. The Balaban J connectivity index is 2.26. The van der Waals surface area contributed by atoms with E-state index < -0.39 is 17.7 Å². The largest absolute Gasteiger partial charge is 0.481 e. The number of aromatic nitrogens is 3. The zero-order valence-electron chi connectivity index (χ0n) is 12.5. The number of carboxylic acid groups (broad SMARTS) is 1. The fraction of sp³-hybridized carbons (Fsp3) is 0.286. The third kappa shape index (κ3) is 3.65. The highest BCUT2D eigenvalue weighted by Crippen LogP contribution is 2.20. The van der Waals surface area contributed by atoms with Gasteiger partial charge in [0, 0.05) is 13.6 Å². The number of hydrogen-bond donors (Lipinski definition) is 1. The predicted octanol–water partition coefficient (Wildman–Crippen LogP) is 1.91. The van der Waals surface area contributed by atoms with Crippen molar-refractivity contribution in [1.29, 1.82) is 0 Å². The monoisotopic (exact) mass is 340 g/mol. The van der Waals surface area contributed by atoms with Crippen LogP contribution in [0.2, 0.25) is 5.02 Å². The summed E-state index contributed by atoms with van der Waals surface area (Å²) in [5, 5.41) is 16.3. The first-order chi connectivity index (χ1) is 10.8. The molecule has 9 heteroatoms. The van der Waals surface area contributed by atoms with Gasteiger partial charge in [0.1, 0.15) is 5.82 Å². The Kier molecular flexibility index (Phi) is 4.95. The van der Waals surface area contributed by atoms with E-state index >= 15 is 0 Å². The van der Waals surface area contributed by atoms with Crippen LogP contribution in [0.4, 0.5) is 4.39 Å². The third-order valence-corrected chi connectivity index (χ3v) is 3.54. The molecule has 0 aliphatic rings. The van der Waals surface area contributed by atoms with Crippen LogP contribution in [0.1, 0.15) is 22.6 Å². The highest BCUT2D eigenvalue weighted by Gasteiger charge is 2.21. The van der Waals surface area contributed by atoms with Crippen LogP contribution < -0.4 is 0 Å². The van der Waals surface area contributed by atoms with Gasteiger partial charge in [-0.05, 0) is 25.1 Å². The van der Waals surface area contributed by atoms with E-state index in [-0.39, 0.29) is 23.7 Å². The maximum absolute atomic E-state index is 13.2. The summed E-state index contributed by atoms with van der Waals surface area (Å²) in [6.07, 6.45) is -0.164. The van der Waals surface area contributed by atoms with E-state index in [9.17, 15) is 14.0 Å². The Bertz CT molecular complexity index is 762. The number of halogens is 2. The molecule has 1 aromatic heterocycles. The minimum Gasteiger partial charge on any atom is -0.481 e. The zero-order chi connectivity index (χ0) is 17.1. The van der Waals surface area contributed by atoms with E-state index in [1.807, 2.05) is 0 Å². The molecule has 0 atom stereocenters. The SMILES string of the molecule is Cc1c(C(=O)N(C)CCC(=O)O)nnn1-c1ccc(F)c(Cl)c1. The maximum Gasteiger partial charge on any atom is 0.305 e. The van der Waals surface area contributed by atoms with Crippen molar-refractivity contribution in [1.82, 2.24) is 19.9 Å². The van der Waals surface area contributed by atoms with Gasteiger partial charge in [-0.15, -0.1) is 5.10 Å². The van der Waals surface area contributed by atoms with Crippen LogP contribution in [0.15, 0.2) is 18.2 Å². The van der Waals surface area contributed by atoms with Gasteiger partial charge in [-0.25, -0.2) is 9.07 Å². The van der Waals surface area contributed by atoms with Crippen molar-refractivity contribution in [3.05, 3.63) is 40.4 Å². The molecule has 7 nitrogen and oxygen atoms in total. The van der Waals surface area contributed by atoms with E-state index in [0.717, 1.165) is 0 Å². The first-order valence-corrected chi connectivity index (χ1v) is 7.04. The molecule has 0 unspecified atom stereocenters. The van der Waals surface area contributed by atoms with Crippen LogP contribution >= 0.6 is 11.6 Å². The number of amides is 1. The lowest BCUT2D eigenvalue weighted by Crippen LogP contribution is -2.29. The summed E-state index contributed by atoms with van der Waals surface area (Å²) in [7, 11) is 1.48. The van der Waals surface area contributed by atoms with E-state index in [4.69, 9.17) is 16.7 Å². The molecule has 1 N–H and O–H groups in total. The van der Waals surface area contributed by atoms with Crippen LogP contribution in [0.25, 0.3) is 5.69 Å². The molecule has 0 aliphatic heterocycles. The van der Waals surface area contributed by atoms with Gasteiger partial charge in [-0.2, -0.15) is 0 Å². The van der Waals surface area contributed by atoms with Gasteiger partial charge in [-0.3, -0.25) is 9.59 Å². The zero-order valence-corrected chi connectivity index (χ0v) is 13.2. The van der Waals surface area contributed by atoms with Crippen LogP contribution in [0, 0.1) is 12.7 Å². The normalized spacial score (nSPS) is 10.6. The Hall–Kier alpha value is -2.48. The number of benzene rings is 1. The molecule has 0 spiro atoms. The number of hydrogen-bond acceptors (Lipinski definition) is 4. The lowest BCUT2D eigenvalue weighted by Gasteiger charge is -2.14. The highest BCUT2D eigenvalue weighted by atomic mass is 35.5. The molecule has 0 saturated heterocycles. The van der Waals surface area contributed by atoms with Crippen LogP contribution in [0.5, 0.6) is 0 Å². The molecule has 23 heavy (non-hydrogen) atoms. The lowest BCUT2D eigenvalue weighted by atomic mass is 10.2. The third-order valence-electron chi connectivity index (χ3n) is 3.25. The smallest absolute Gasteiger partial charge is 0.305 e. The molecule has 2 rings (SSSR count). The number of aliphatic carboxylic acids is 1. The molecule has 1 aromatic carbocycles. The first kappa shape index (κ1) is 16.9. The van der Waals surface area contributed by atoms with Gasteiger partial charge in [0.25, 0.3) is 5.91 Å². The minimum absolute atomic E-state index is 0.0584. The number of carbonyl (C=O) groups excluding carboxylic acids is 1. The number of carbonyl (C=O) groups is 2. The average Bonchev–Trinajstić information content (AvgIpc) is 2.88. The Labute approximate surface area is 136 Å². The van der Waals surface area contributed by atoms with Gasteiger partial charge in [0.2, 0.25) is 0 Å². The summed E-state index contributed by atoms with van der Waals surface area (Å²) >= 11 is 5.74. The molecule has 1 amide bonds. The summed E-state index contributed by atoms with van der Waals surface area (Å²) in [5.41, 5.74) is 1.01. The fourth-order valence-corrected chi connectivity index (χ4v) is 2.11. The second-order valence-electron chi connectivity index (χ2n) is 4.90. The number of carboxylic acids is 1. The van der Waals surface area contributed by atoms with Crippen LogP contribution in [-0.2, 0) is 4.79 Å². The first-order valence-electron chi connectivity index (χ1n) is 6.66. The summed E-state index contributed by atoms with van der Waals surface area (Å²) in [6, 6.07) is 4.03. The molecule has 0 fully saturated rings. The van der Waals surface area contributed by atoms with E-state index in [1.54, 1.807) is 6.92 Å². The summed E-state index contributed by atoms with van der Waals surface area (Å²) in [6.45, 7) is 1.69. The van der Waals surface area contributed by atoms with Gasteiger partial charge in [0.05, 0.1) is 22.8 Å². The summed E-state index contributed by atoms with van der Waals surface area (Å²) < 4.78 is 14.6. The van der Waals surface area contributed by atoms with Crippen molar-refractivity contribution in [3.63, 3.8) is 0 Å². The minimum atomic E-state index is -0.994. The molecule has 0 aliphatic carbocycles. The molecular weight excluding hydrogens is 327 g/mol. The van der Waals surface area contributed by atoms with Crippen molar-refractivity contribution in [2.75, 3.05) is 13.6 Å². The highest BCUT2D eigenvalue weighted by molar-refractivity contribution is 6.30. The van der Waals surface area contributed by atoms with Gasteiger partial charge in [0.15, 0.2) is 5.69 Å².